The van der Waals surface area contributed by atoms with Crippen molar-refractivity contribution in [2.45, 2.75) is 83.5 Å². The summed E-state index contributed by atoms with van der Waals surface area (Å²) in [4.78, 5) is 11.4. The molecule has 2 rings (SSSR count). The number of carbonyl (C=O) groups is 1. The summed E-state index contributed by atoms with van der Waals surface area (Å²) >= 11 is 0. The van der Waals surface area contributed by atoms with E-state index < -0.39 is 0 Å². The van der Waals surface area contributed by atoms with Crippen LogP contribution in [0.25, 0.3) is 0 Å². The molecule has 1 aliphatic heterocycles. The Balaban J connectivity index is 1.97. The Kier molecular flexibility index (Phi) is 5.04. The molecule has 4 atom stereocenters. The van der Waals surface area contributed by atoms with Gasteiger partial charge in [-0.3, -0.25) is 4.79 Å². The third-order valence-corrected chi connectivity index (χ3v) is 4.42. The molecular formula is C15H27NO2. The first kappa shape index (κ1) is 13.9. The number of nitrogens with one attached hydrogen (secondary N) is 1. The fourth-order valence-corrected chi connectivity index (χ4v) is 3.56. The second-order valence-electron chi connectivity index (χ2n) is 5.93. The van der Waals surface area contributed by atoms with Crippen LogP contribution in [0, 0.1) is 5.92 Å². The van der Waals surface area contributed by atoms with E-state index in [9.17, 15) is 4.79 Å². The van der Waals surface area contributed by atoms with E-state index in [1.807, 2.05) is 0 Å². The second kappa shape index (κ2) is 6.55. The van der Waals surface area contributed by atoms with Gasteiger partial charge in [0.05, 0.1) is 12.2 Å². The summed E-state index contributed by atoms with van der Waals surface area (Å²) in [5.74, 6) is 0.668. The maximum atomic E-state index is 11.4. The molecule has 1 amide bonds. The number of fused-ring (bicyclic) bond motifs is 1. The van der Waals surface area contributed by atoms with E-state index in [1.54, 1.807) is 6.92 Å². The Hall–Kier alpha value is -0.570. The molecular weight excluding hydrogens is 226 g/mol. The number of hydrogen-bond acceptors (Lipinski definition) is 2. The quantitative estimate of drug-likeness (QED) is 0.836. The lowest BCUT2D eigenvalue weighted by Gasteiger charge is -2.45. The number of unbranched alkanes of at least 4 members (excludes halogenated alkanes) is 1. The average molecular weight is 253 g/mol. The first-order chi connectivity index (χ1) is 8.70. The maximum Gasteiger partial charge on any atom is 0.217 e. The molecule has 3 heteroatoms. The van der Waals surface area contributed by atoms with Crippen LogP contribution in [0.15, 0.2) is 0 Å². The number of hydrogen-bond donors (Lipinski definition) is 1. The number of rotatable bonds is 4. The minimum atomic E-state index is 0.112. The average Bonchev–Trinajstić information content (AvgIpc) is 2.35. The smallest absolute Gasteiger partial charge is 0.217 e. The van der Waals surface area contributed by atoms with E-state index in [0.29, 0.717) is 24.2 Å². The zero-order valence-electron chi connectivity index (χ0n) is 11.8. The summed E-state index contributed by atoms with van der Waals surface area (Å²) in [5, 5.41) is 3.17. The van der Waals surface area contributed by atoms with Crippen LogP contribution in [0.2, 0.25) is 0 Å². The van der Waals surface area contributed by atoms with Crippen molar-refractivity contribution >= 4 is 5.91 Å². The first-order valence-electron chi connectivity index (χ1n) is 7.63. The summed E-state index contributed by atoms with van der Waals surface area (Å²) < 4.78 is 6.25. The Labute approximate surface area is 111 Å². The van der Waals surface area contributed by atoms with Crippen LogP contribution in [0.3, 0.4) is 0 Å². The van der Waals surface area contributed by atoms with Gasteiger partial charge < -0.3 is 10.1 Å². The minimum absolute atomic E-state index is 0.112. The van der Waals surface area contributed by atoms with E-state index in [-0.39, 0.29) is 5.91 Å². The van der Waals surface area contributed by atoms with Gasteiger partial charge in [-0.1, -0.05) is 32.6 Å². The van der Waals surface area contributed by atoms with Crippen molar-refractivity contribution in [3.8, 4) is 0 Å². The van der Waals surface area contributed by atoms with Crippen LogP contribution in [0.1, 0.15) is 65.2 Å². The Bertz CT molecular complexity index is 280. The Morgan fingerprint density at radius 1 is 1.33 bits per heavy atom. The highest BCUT2D eigenvalue weighted by Gasteiger charge is 2.39. The molecule has 1 saturated carbocycles. The zero-order valence-corrected chi connectivity index (χ0v) is 11.8. The van der Waals surface area contributed by atoms with Crippen molar-refractivity contribution in [3.63, 3.8) is 0 Å². The zero-order chi connectivity index (χ0) is 13.0. The van der Waals surface area contributed by atoms with Gasteiger partial charge in [0, 0.05) is 18.9 Å². The fraction of sp³-hybridized carbons (Fsp3) is 0.933. The predicted octanol–water partition coefficient (Wildman–Crippen LogP) is 3.03. The third-order valence-electron chi connectivity index (χ3n) is 4.42. The molecule has 3 nitrogen and oxygen atoms in total. The molecule has 18 heavy (non-hydrogen) atoms. The number of amides is 1. The van der Waals surface area contributed by atoms with Crippen LogP contribution in [-0.2, 0) is 9.53 Å². The number of ether oxygens (including phenoxy) is 1. The molecule has 0 aromatic carbocycles. The molecule has 1 N–H and O–H groups in total. The monoisotopic (exact) mass is 253 g/mol. The van der Waals surface area contributed by atoms with Crippen LogP contribution >= 0.6 is 0 Å². The molecule has 0 bridgehead atoms. The van der Waals surface area contributed by atoms with E-state index in [0.717, 1.165) is 12.8 Å². The van der Waals surface area contributed by atoms with E-state index >= 15 is 0 Å². The summed E-state index contributed by atoms with van der Waals surface area (Å²) in [7, 11) is 0. The molecule has 0 radical (unpaired) electrons. The number of carbonyl (C=O) groups excluding carboxylic acids is 1. The van der Waals surface area contributed by atoms with Crippen molar-refractivity contribution in [2.75, 3.05) is 0 Å². The molecule has 0 aromatic heterocycles. The van der Waals surface area contributed by atoms with Crippen LogP contribution in [0.5, 0.6) is 0 Å². The van der Waals surface area contributed by atoms with Crippen LogP contribution in [0.4, 0.5) is 0 Å². The molecule has 1 heterocycles. The van der Waals surface area contributed by atoms with Crippen LogP contribution in [-0.4, -0.2) is 24.2 Å². The Morgan fingerprint density at radius 3 is 2.83 bits per heavy atom. The first-order valence-corrected chi connectivity index (χ1v) is 7.63. The lowest BCUT2D eigenvalue weighted by atomic mass is 9.77. The molecule has 0 unspecified atom stereocenters. The fourth-order valence-electron chi connectivity index (χ4n) is 3.56. The third kappa shape index (κ3) is 3.47. The summed E-state index contributed by atoms with van der Waals surface area (Å²) in [5.41, 5.74) is 0. The molecule has 1 saturated heterocycles. The SMILES string of the molecule is CCCC[C@H]1C[C@@H](NC(C)=O)[C@@H]2CCCC[C@H]2O1. The van der Waals surface area contributed by atoms with Crippen molar-refractivity contribution < 1.29 is 9.53 Å². The van der Waals surface area contributed by atoms with Gasteiger partial charge in [-0.05, 0) is 25.7 Å². The van der Waals surface area contributed by atoms with E-state index in [1.165, 1.54) is 38.5 Å². The highest BCUT2D eigenvalue weighted by Crippen LogP contribution is 2.37. The van der Waals surface area contributed by atoms with Gasteiger partial charge in [-0.15, -0.1) is 0 Å². The minimum Gasteiger partial charge on any atom is -0.375 e. The van der Waals surface area contributed by atoms with Crippen molar-refractivity contribution in [1.82, 2.24) is 5.32 Å². The highest BCUT2D eigenvalue weighted by molar-refractivity contribution is 5.73. The second-order valence-corrected chi connectivity index (χ2v) is 5.93. The van der Waals surface area contributed by atoms with Crippen molar-refractivity contribution in [1.29, 1.82) is 0 Å². The molecule has 2 fully saturated rings. The van der Waals surface area contributed by atoms with Crippen molar-refractivity contribution in [2.24, 2.45) is 5.92 Å². The highest BCUT2D eigenvalue weighted by atomic mass is 16.5. The van der Waals surface area contributed by atoms with E-state index in [2.05, 4.69) is 12.2 Å². The van der Waals surface area contributed by atoms with Gasteiger partial charge >= 0.3 is 0 Å². The van der Waals surface area contributed by atoms with Gasteiger partial charge in [0.25, 0.3) is 0 Å². The van der Waals surface area contributed by atoms with Crippen molar-refractivity contribution in [3.05, 3.63) is 0 Å². The van der Waals surface area contributed by atoms with E-state index in [4.69, 9.17) is 4.74 Å². The standard InChI is InChI=1S/C15H27NO2/c1-3-4-7-12-10-14(16-11(2)17)13-8-5-6-9-15(13)18-12/h12-15H,3-10H2,1-2H3,(H,16,17)/t12-,13-,14+,15+/m0/s1. The van der Waals surface area contributed by atoms with Gasteiger partial charge in [-0.25, -0.2) is 0 Å². The summed E-state index contributed by atoms with van der Waals surface area (Å²) in [6.07, 6.45) is 10.4. The molecule has 1 aliphatic carbocycles. The predicted molar refractivity (Wildman–Crippen MR) is 72.4 cm³/mol. The summed E-state index contributed by atoms with van der Waals surface area (Å²) in [6.45, 7) is 3.85. The van der Waals surface area contributed by atoms with Gasteiger partial charge in [0.1, 0.15) is 0 Å². The largest absolute Gasteiger partial charge is 0.375 e. The molecule has 0 spiro atoms. The lowest BCUT2D eigenvalue weighted by molar-refractivity contribution is -0.131. The maximum absolute atomic E-state index is 11.4. The molecule has 0 aromatic rings. The lowest BCUT2D eigenvalue weighted by Crippen LogP contribution is -2.52. The normalized spacial score (nSPS) is 35.9. The van der Waals surface area contributed by atoms with Gasteiger partial charge in [0.2, 0.25) is 5.91 Å². The summed E-state index contributed by atoms with van der Waals surface area (Å²) in [6, 6.07) is 0.350. The Morgan fingerprint density at radius 2 is 2.11 bits per heavy atom. The molecule has 2 aliphatic rings. The topological polar surface area (TPSA) is 38.3 Å². The van der Waals surface area contributed by atoms with Gasteiger partial charge in [-0.2, -0.15) is 0 Å². The molecule has 104 valence electrons. The van der Waals surface area contributed by atoms with Crippen LogP contribution < -0.4 is 5.32 Å². The van der Waals surface area contributed by atoms with Gasteiger partial charge in [0.15, 0.2) is 0 Å².